The molecule has 0 unspecified atom stereocenters. The van der Waals surface area contributed by atoms with E-state index in [4.69, 9.17) is 16.3 Å². The van der Waals surface area contributed by atoms with Gasteiger partial charge >= 0.3 is 6.03 Å². The number of benzene rings is 1. The minimum absolute atomic E-state index is 0.0264. The van der Waals surface area contributed by atoms with Crippen molar-refractivity contribution >= 4 is 28.5 Å². The molecule has 1 aromatic carbocycles. The Kier molecular flexibility index (Phi) is 5.13. The SMILES string of the molecule is CC(C)Oc1ncccc1CNC(=O)N1CCc2[nH]c3ccc(Cl)cc3c2C1. The lowest BCUT2D eigenvalue weighted by Gasteiger charge is -2.27. The summed E-state index contributed by atoms with van der Waals surface area (Å²) in [5.74, 6) is 0.560. The molecule has 6 nitrogen and oxygen atoms in total. The van der Waals surface area contributed by atoms with Crippen LogP contribution in [0.3, 0.4) is 0 Å². The van der Waals surface area contributed by atoms with Gasteiger partial charge in [0.05, 0.1) is 6.10 Å². The molecule has 7 heteroatoms. The fraction of sp³-hybridized carbons (Fsp3) is 0.333. The van der Waals surface area contributed by atoms with Crippen molar-refractivity contribution in [2.24, 2.45) is 0 Å². The van der Waals surface area contributed by atoms with Gasteiger partial charge in [0.1, 0.15) is 0 Å². The predicted octanol–water partition coefficient (Wildman–Crippen LogP) is 4.27. The highest BCUT2D eigenvalue weighted by atomic mass is 35.5. The number of aromatic nitrogens is 2. The Hall–Kier alpha value is -2.73. The fourth-order valence-electron chi connectivity index (χ4n) is 3.53. The van der Waals surface area contributed by atoms with Crippen LogP contribution in [0.25, 0.3) is 10.9 Å². The number of ether oxygens (including phenoxy) is 1. The van der Waals surface area contributed by atoms with Gasteiger partial charge < -0.3 is 19.9 Å². The summed E-state index contributed by atoms with van der Waals surface area (Å²) in [7, 11) is 0. The number of hydrogen-bond donors (Lipinski definition) is 2. The molecule has 0 radical (unpaired) electrons. The van der Waals surface area contributed by atoms with Crippen LogP contribution in [-0.2, 0) is 19.5 Å². The maximum atomic E-state index is 12.8. The van der Waals surface area contributed by atoms with Crippen LogP contribution in [0.2, 0.25) is 5.02 Å². The van der Waals surface area contributed by atoms with E-state index in [1.165, 1.54) is 5.69 Å². The average Bonchev–Trinajstić information content (AvgIpc) is 3.03. The number of carbonyl (C=O) groups is 1. The van der Waals surface area contributed by atoms with Crippen LogP contribution < -0.4 is 10.1 Å². The number of aromatic amines is 1. The van der Waals surface area contributed by atoms with E-state index in [0.29, 0.717) is 30.5 Å². The second-order valence-electron chi connectivity index (χ2n) is 7.24. The summed E-state index contributed by atoms with van der Waals surface area (Å²) in [6.07, 6.45) is 2.51. The zero-order chi connectivity index (χ0) is 19.7. The second kappa shape index (κ2) is 7.72. The van der Waals surface area contributed by atoms with Gasteiger partial charge in [0.15, 0.2) is 0 Å². The highest BCUT2D eigenvalue weighted by Crippen LogP contribution is 2.29. The fourth-order valence-corrected chi connectivity index (χ4v) is 3.70. The largest absolute Gasteiger partial charge is 0.475 e. The van der Waals surface area contributed by atoms with Crippen LogP contribution in [0.1, 0.15) is 30.7 Å². The summed E-state index contributed by atoms with van der Waals surface area (Å²) < 4.78 is 5.73. The van der Waals surface area contributed by atoms with Crippen LogP contribution in [0.4, 0.5) is 4.79 Å². The third-order valence-electron chi connectivity index (χ3n) is 4.85. The van der Waals surface area contributed by atoms with E-state index < -0.39 is 0 Å². The van der Waals surface area contributed by atoms with Crippen molar-refractivity contribution in [2.45, 2.75) is 39.5 Å². The van der Waals surface area contributed by atoms with Crippen LogP contribution in [0, 0.1) is 0 Å². The monoisotopic (exact) mass is 398 g/mol. The third kappa shape index (κ3) is 3.78. The van der Waals surface area contributed by atoms with E-state index in [9.17, 15) is 4.79 Å². The molecule has 0 spiro atoms. The van der Waals surface area contributed by atoms with Gasteiger partial charge in [-0.3, -0.25) is 0 Å². The van der Waals surface area contributed by atoms with Crippen molar-refractivity contribution in [1.82, 2.24) is 20.2 Å². The van der Waals surface area contributed by atoms with E-state index in [1.54, 1.807) is 6.20 Å². The highest BCUT2D eigenvalue weighted by Gasteiger charge is 2.24. The van der Waals surface area contributed by atoms with Crippen LogP contribution in [0.5, 0.6) is 5.88 Å². The summed E-state index contributed by atoms with van der Waals surface area (Å²) in [5.41, 5.74) is 4.24. The number of carbonyl (C=O) groups excluding carboxylic acids is 1. The van der Waals surface area contributed by atoms with E-state index >= 15 is 0 Å². The van der Waals surface area contributed by atoms with Crippen molar-refractivity contribution in [1.29, 1.82) is 0 Å². The molecule has 2 aromatic heterocycles. The smallest absolute Gasteiger partial charge is 0.317 e. The quantitative estimate of drug-likeness (QED) is 0.689. The van der Waals surface area contributed by atoms with E-state index in [1.807, 2.05) is 49.1 Å². The molecular weight excluding hydrogens is 376 g/mol. The zero-order valence-electron chi connectivity index (χ0n) is 16.0. The molecule has 2 N–H and O–H groups in total. The average molecular weight is 399 g/mol. The van der Waals surface area contributed by atoms with Gasteiger partial charge in [0.2, 0.25) is 5.88 Å². The van der Waals surface area contributed by atoms with Crippen LogP contribution in [-0.4, -0.2) is 33.5 Å². The molecule has 2 amide bonds. The van der Waals surface area contributed by atoms with E-state index in [0.717, 1.165) is 28.5 Å². The topological polar surface area (TPSA) is 70.2 Å². The number of nitrogens with one attached hydrogen (secondary N) is 2. The maximum Gasteiger partial charge on any atom is 0.317 e. The number of rotatable bonds is 4. The number of hydrogen-bond acceptors (Lipinski definition) is 3. The summed E-state index contributed by atoms with van der Waals surface area (Å²) in [5, 5.41) is 4.78. The predicted molar refractivity (Wildman–Crippen MR) is 110 cm³/mol. The highest BCUT2D eigenvalue weighted by molar-refractivity contribution is 6.31. The Morgan fingerprint density at radius 1 is 1.39 bits per heavy atom. The standard InChI is InChI=1S/C21H23ClN4O2/c1-13(2)28-20-14(4-3-8-23-20)11-24-21(27)26-9-7-19-17(12-26)16-10-15(22)5-6-18(16)25-19/h3-6,8,10,13,25H,7,9,11-12H2,1-2H3,(H,24,27). The summed E-state index contributed by atoms with van der Waals surface area (Å²) in [6.45, 7) is 5.51. The Morgan fingerprint density at radius 2 is 2.25 bits per heavy atom. The molecule has 0 saturated carbocycles. The minimum Gasteiger partial charge on any atom is -0.475 e. The number of halogens is 1. The first-order chi connectivity index (χ1) is 13.5. The molecule has 1 aliphatic heterocycles. The van der Waals surface area contributed by atoms with E-state index in [2.05, 4.69) is 15.3 Å². The molecule has 3 aromatic rings. The van der Waals surface area contributed by atoms with Crippen molar-refractivity contribution in [3.63, 3.8) is 0 Å². The zero-order valence-corrected chi connectivity index (χ0v) is 16.7. The van der Waals surface area contributed by atoms with E-state index in [-0.39, 0.29) is 12.1 Å². The molecular formula is C21H23ClN4O2. The molecule has 0 saturated heterocycles. The number of amides is 2. The Bertz CT molecular complexity index is 1010. The maximum absolute atomic E-state index is 12.8. The lowest BCUT2D eigenvalue weighted by atomic mass is 10.0. The molecule has 1 aliphatic rings. The number of fused-ring (bicyclic) bond motifs is 3. The summed E-state index contributed by atoms with van der Waals surface area (Å²) in [4.78, 5) is 22.3. The number of nitrogens with zero attached hydrogens (tertiary/aromatic N) is 2. The lowest BCUT2D eigenvalue weighted by molar-refractivity contribution is 0.191. The Morgan fingerprint density at radius 3 is 3.07 bits per heavy atom. The first-order valence-corrected chi connectivity index (χ1v) is 9.81. The minimum atomic E-state index is -0.0959. The normalized spacial score (nSPS) is 13.6. The molecule has 0 bridgehead atoms. The molecule has 0 aliphatic carbocycles. The molecule has 3 heterocycles. The number of urea groups is 1. The van der Waals surface area contributed by atoms with Crippen molar-refractivity contribution in [3.05, 3.63) is 58.4 Å². The van der Waals surface area contributed by atoms with Gasteiger partial charge in [-0.15, -0.1) is 0 Å². The number of H-pyrrole nitrogens is 1. The van der Waals surface area contributed by atoms with Gasteiger partial charge in [-0.1, -0.05) is 17.7 Å². The second-order valence-corrected chi connectivity index (χ2v) is 7.67. The molecule has 0 atom stereocenters. The van der Waals surface area contributed by atoms with Gasteiger partial charge in [-0.05, 0) is 38.1 Å². The van der Waals surface area contributed by atoms with Crippen LogP contribution >= 0.6 is 11.6 Å². The third-order valence-corrected chi connectivity index (χ3v) is 5.09. The molecule has 4 rings (SSSR count). The first-order valence-electron chi connectivity index (χ1n) is 9.43. The molecule has 28 heavy (non-hydrogen) atoms. The Balaban J connectivity index is 1.46. The first kappa shape index (κ1) is 18.6. The van der Waals surface area contributed by atoms with Gasteiger partial charge in [-0.25, -0.2) is 9.78 Å². The van der Waals surface area contributed by atoms with Gasteiger partial charge in [0.25, 0.3) is 0 Å². The summed E-state index contributed by atoms with van der Waals surface area (Å²) >= 11 is 6.16. The molecule has 0 fully saturated rings. The van der Waals surface area contributed by atoms with Crippen LogP contribution in [0.15, 0.2) is 36.5 Å². The lowest BCUT2D eigenvalue weighted by Crippen LogP contribution is -2.42. The number of pyridine rings is 1. The van der Waals surface area contributed by atoms with Crippen molar-refractivity contribution < 1.29 is 9.53 Å². The summed E-state index contributed by atoms with van der Waals surface area (Å²) in [6, 6.07) is 9.48. The Labute approximate surface area is 168 Å². The molecule has 146 valence electrons. The van der Waals surface area contributed by atoms with Crippen molar-refractivity contribution in [2.75, 3.05) is 6.54 Å². The van der Waals surface area contributed by atoms with Gasteiger partial charge in [-0.2, -0.15) is 0 Å². The van der Waals surface area contributed by atoms with Crippen molar-refractivity contribution in [3.8, 4) is 5.88 Å². The van der Waals surface area contributed by atoms with Gasteiger partial charge in [0, 0.05) is 65.0 Å².